The van der Waals surface area contributed by atoms with Crippen molar-refractivity contribution in [2.75, 3.05) is 5.32 Å². The van der Waals surface area contributed by atoms with Gasteiger partial charge in [0.2, 0.25) is 0 Å². The molecule has 2 atom stereocenters. The number of hydrogen-bond donors (Lipinski definition) is 2. The summed E-state index contributed by atoms with van der Waals surface area (Å²) in [4.78, 5) is 31.5. The number of nitrogens with zero attached hydrogens (tertiary/aromatic N) is 2. The van der Waals surface area contributed by atoms with Crippen molar-refractivity contribution < 1.29 is 14.7 Å². The van der Waals surface area contributed by atoms with Crippen LogP contribution in [-0.4, -0.2) is 45.0 Å². The Morgan fingerprint density at radius 3 is 2.26 bits per heavy atom. The fourth-order valence-corrected chi connectivity index (χ4v) is 6.53. The molecule has 2 unspecified atom stereocenters. The SMILES string of the molecule is CC(C)(C)[C@H]1CC[C@H](Nc2cc3cc(C(=O)N4C5CCC4CC(C(=O)O)C5)ccc3cn2)CC1. The van der Waals surface area contributed by atoms with Crippen LogP contribution in [0.15, 0.2) is 30.5 Å². The number of carbonyl (C=O) groups is 2. The van der Waals surface area contributed by atoms with Crippen molar-refractivity contribution in [3.63, 3.8) is 0 Å². The number of nitrogens with one attached hydrogen (secondary N) is 1. The minimum atomic E-state index is -0.728. The first kappa shape index (κ1) is 23.1. The molecule has 3 aliphatic rings. The van der Waals surface area contributed by atoms with Crippen LogP contribution in [0.3, 0.4) is 0 Å². The minimum Gasteiger partial charge on any atom is -0.481 e. The number of benzene rings is 1. The molecule has 1 saturated carbocycles. The third kappa shape index (κ3) is 4.51. The summed E-state index contributed by atoms with van der Waals surface area (Å²) in [6.45, 7) is 7.03. The molecule has 2 saturated heterocycles. The maximum absolute atomic E-state index is 13.4. The number of anilines is 1. The average Bonchev–Trinajstić information content (AvgIpc) is 3.06. The quantitative estimate of drug-likeness (QED) is 0.606. The number of aromatic nitrogens is 1. The third-order valence-corrected chi connectivity index (χ3v) is 8.59. The lowest BCUT2D eigenvalue weighted by molar-refractivity contribution is -0.144. The van der Waals surface area contributed by atoms with E-state index in [1.165, 1.54) is 12.8 Å². The number of piperidine rings is 1. The highest BCUT2D eigenvalue weighted by Gasteiger charge is 2.45. The Bertz CT molecular complexity index is 1070. The van der Waals surface area contributed by atoms with Gasteiger partial charge in [0.1, 0.15) is 5.82 Å². The standard InChI is InChI=1S/C28H37N3O3/c1-28(2,3)21-6-8-22(9-7-21)30-25-15-19-12-17(4-5-18(19)16-29-25)26(32)31-23-10-11-24(31)14-20(13-23)27(33)34/h4-5,12,15-16,20-24H,6-11,13-14H2,1-3H3,(H,29,30)(H,33,34)/t20?,21-,22-,23?,24?. The molecule has 2 N–H and O–H groups in total. The van der Waals surface area contributed by atoms with Gasteiger partial charge in [0.25, 0.3) is 5.91 Å². The zero-order valence-corrected chi connectivity index (χ0v) is 20.6. The minimum absolute atomic E-state index is 0.0325. The van der Waals surface area contributed by atoms with Gasteiger partial charge >= 0.3 is 5.97 Å². The first-order valence-corrected chi connectivity index (χ1v) is 12.9. The second kappa shape index (κ2) is 8.86. The number of amides is 1. The lowest BCUT2D eigenvalue weighted by atomic mass is 9.71. The van der Waals surface area contributed by atoms with Gasteiger partial charge < -0.3 is 15.3 Å². The summed E-state index contributed by atoms with van der Waals surface area (Å²) in [5.41, 5.74) is 1.05. The molecular weight excluding hydrogens is 426 g/mol. The fourth-order valence-electron chi connectivity index (χ4n) is 6.53. The van der Waals surface area contributed by atoms with Crippen LogP contribution in [0, 0.1) is 17.3 Å². The van der Waals surface area contributed by atoms with Crippen molar-refractivity contribution in [3.05, 3.63) is 36.0 Å². The first-order valence-electron chi connectivity index (χ1n) is 12.9. The van der Waals surface area contributed by atoms with Crippen LogP contribution in [0.2, 0.25) is 0 Å². The summed E-state index contributed by atoms with van der Waals surface area (Å²) in [7, 11) is 0. The monoisotopic (exact) mass is 463 g/mol. The molecule has 6 nitrogen and oxygen atoms in total. The predicted octanol–water partition coefficient (Wildman–Crippen LogP) is 5.72. The number of hydrogen-bond acceptors (Lipinski definition) is 4. The van der Waals surface area contributed by atoms with Crippen LogP contribution in [0.1, 0.15) is 82.5 Å². The van der Waals surface area contributed by atoms with E-state index in [1.807, 2.05) is 29.3 Å². The maximum atomic E-state index is 13.4. The Kier molecular flexibility index (Phi) is 6.03. The first-order chi connectivity index (χ1) is 16.2. The second-order valence-electron chi connectivity index (χ2n) is 11.8. The Balaban J connectivity index is 1.29. The zero-order chi connectivity index (χ0) is 24.0. The molecule has 2 bridgehead atoms. The molecule has 2 aliphatic heterocycles. The Labute approximate surface area is 202 Å². The summed E-state index contributed by atoms with van der Waals surface area (Å²) in [5.74, 6) is 0.633. The van der Waals surface area contributed by atoms with Crippen LogP contribution in [0.4, 0.5) is 5.82 Å². The molecule has 0 radical (unpaired) electrons. The van der Waals surface area contributed by atoms with Crippen LogP contribution in [0.5, 0.6) is 0 Å². The van der Waals surface area contributed by atoms with Crippen LogP contribution in [0.25, 0.3) is 10.8 Å². The molecule has 3 fully saturated rings. The molecule has 1 aromatic heterocycles. The maximum Gasteiger partial charge on any atom is 0.306 e. The van der Waals surface area contributed by atoms with E-state index in [9.17, 15) is 14.7 Å². The average molecular weight is 464 g/mol. The van der Waals surface area contributed by atoms with Gasteiger partial charge in [-0.05, 0) is 86.3 Å². The van der Waals surface area contributed by atoms with Crippen molar-refractivity contribution >= 4 is 28.5 Å². The number of carboxylic acid groups (broad SMARTS) is 1. The molecule has 3 heterocycles. The molecule has 34 heavy (non-hydrogen) atoms. The molecule has 5 rings (SSSR count). The number of carboxylic acids is 1. The lowest BCUT2D eigenvalue weighted by Gasteiger charge is -2.37. The van der Waals surface area contributed by atoms with Crippen molar-refractivity contribution in [1.82, 2.24) is 9.88 Å². The van der Waals surface area contributed by atoms with Gasteiger partial charge in [0.15, 0.2) is 0 Å². The van der Waals surface area contributed by atoms with E-state index in [2.05, 4.69) is 37.1 Å². The van der Waals surface area contributed by atoms with E-state index < -0.39 is 5.97 Å². The van der Waals surface area contributed by atoms with Gasteiger partial charge in [-0.15, -0.1) is 0 Å². The van der Waals surface area contributed by atoms with Crippen molar-refractivity contribution in [3.8, 4) is 0 Å². The zero-order valence-electron chi connectivity index (χ0n) is 20.6. The highest BCUT2D eigenvalue weighted by atomic mass is 16.4. The Hall–Kier alpha value is -2.63. The summed E-state index contributed by atoms with van der Waals surface area (Å²) in [6.07, 6.45) is 9.65. The highest BCUT2D eigenvalue weighted by molar-refractivity contribution is 5.99. The van der Waals surface area contributed by atoms with Gasteiger partial charge in [-0.2, -0.15) is 0 Å². The number of fused-ring (bicyclic) bond motifs is 3. The predicted molar refractivity (Wildman–Crippen MR) is 134 cm³/mol. The Morgan fingerprint density at radius 1 is 0.971 bits per heavy atom. The van der Waals surface area contributed by atoms with Crippen molar-refractivity contribution in [1.29, 1.82) is 0 Å². The van der Waals surface area contributed by atoms with Gasteiger partial charge in [0, 0.05) is 35.3 Å². The van der Waals surface area contributed by atoms with Gasteiger partial charge in [-0.25, -0.2) is 4.98 Å². The molecular formula is C28H37N3O3. The van der Waals surface area contributed by atoms with E-state index in [0.29, 0.717) is 29.9 Å². The van der Waals surface area contributed by atoms with Crippen LogP contribution in [-0.2, 0) is 4.79 Å². The van der Waals surface area contributed by atoms with Gasteiger partial charge in [-0.1, -0.05) is 26.8 Å². The smallest absolute Gasteiger partial charge is 0.306 e. The van der Waals surface area contributed by atoms with Crippen LogP contribution >= 0.6 is 0 Å². The van der Waals surface area contributed by atoms with E-state index in [1.54, 1.807) is 0 Å². The largest absolute Gasteiger partial charge is 0.481 e. The summed E-state index contributed by atoms with van der Waals surface area (Å²) >= 11 is 0. The summed E-state index contributed by atoms with van der Waals surface area (Å²) in [6, 6.07) is 8.42. The lowest BCUT2D eigenvalue weighted by Crippen LogP contribution is -2.47. The number of rotatable bonds is 4. The van der Waals surface area contributed by atoms with E-state index in [4.69, 9.17) is 0 Å². The second-order valence-corrected chi connectivity index (χ2v) is 11.8. The Morgan fingerprint density at radius 2 is 1.65 bits per heavy atom. The molecule has 1 aliphatic carbocycles. The third-order valence-electron chi connectivity index (χ3n) is 8.59. The van der Waals surface area contributed by atoms with Gasteiger partial charge in [-0.3, -0.25) is 9.59 Å². The van der Waals surface area contributed by atoms with Crippen molar-refractivity contribution in [2.45, 2.75) is 90.3 Å². The van der Waals surface area contributed by atoms with E-state index in [-0.39, 0.29) is 23.9 Å². The number of aliphatic carboxylic acids is 1. The number of carbonyl (C=O) groups excluding carboxylic acids is 1. The summed E-state index contributed by atoms with van der Waals surface area (Å²) < 4.78 is 0. The van der Waals surface area contributed by atoms with Crippen molar-refractivity contribution in [2.24, 2.45) is 17.3 Å². The van der Waals surface area contributed by atoms with E-state index in [0.717, 1.165) is 48.2 Å². The normalized spacial score (nSPS) is 29.3. The molecule has 2 aromatic rings. The molecule has 6 heteroatoms. The molecule has 182 valence electrons. The highest BCUT2D eigenvalue weighted by Crippen LogP contribution is 2.40. The van der Waals surface area contributed by atoms with Crippen LogP contribution < -0.4 is 5.32 Å². The topological polar surface area (TPSA) is 82.5 Å². The van der Waals surface area contributed by atoms with E-state index >= 15 is 0 Å². The molecule has 1 amide bonds. The molecule has 0 spiro atoms. The molecule has 1 aromatic carbocycles. The fraction of sp³-hybridized carbons (Fsp3) is 0.607. The number of pyridine rings is 1. The summed E-state index contributed by atoms with van der Waals surface area (Å²) in [5, 5.41) is 15.1. The van der Waals surface area contributed by atoms with Gasteiger partial charge in [0.05, 0.1) is 5.92 Å².